The van der Waals surface area contributed by atoms with Crippen molar-refractivity contribution in [3.8, 4) is 11.1 Å². The first-order valence-electron chi connectivity index (χ1n) is 7.86. The standard InChI is InChI=1S/C18H18N4O3/c1-12-3-5-14(6-4-12)15-7-8-16-20-22(18(25)21(16)10-15)11-17(24)19-9-13(2)23/h3-8,10H,9,11H2,1-2H3,(H,19,24). The van der Waals surface area contributed by atoms with Crippen molar-refractivity contribution in [2.75, 3.05) is 6.54 Å². The van der Waals surface area contributed by atoms with Crippen LogP contribution in [0.2, 0.25) is 0 Å². The molecule has 0 aliphatic carbocycles. The van der Waals surface area contributed by atoms with Crippen LogP contribution in [0.4, 0.5) is 0 Å². The SMILES string of the molecule is CC(=O)CNC(=O)Cn1nc2ccc(-c3ccc(C)cc3)cn2c1=O. The van der Waals surface area contributed by atoms with Gasteiger partial charge in [-0.2, -0.15) is 0 Å². The number of pyridine rings is 1. The molecule has 7 heteroatoms. The summed E-state index contributed by atoms with van der Waals surface area (Å²) in [6, 6.07) is 11.6. The van der Waals surface area contributed by atoms with E-state index in [1.807, 2.05) is 37.3 Å². The summed E-state index contributed by atoms with van der Waals surface area (Å²) < 4.78 is 2.50. The Balaban J connectivity index is 1.89. The van der Waals surface area contributed by atoms with Crippen LogP contribution in [0.5, 0.6) is 0 Å². The fourth-order valence-electron chi connectivity index (χ4n) is 2.45. The molecule has 0 saturated heterocycles. The summed E-state index contributed by atoms with van der Waals surface area (Å²) in [5, 5.41) is 6.60. The van der Waals surface area contributed by atoms with Crippen molar-refractivity contribution in [2.45, 2.75) is 20.4 Å². The molecule has 0 radical (unpaired) electrons. The van der Waals surface area contributed by atoms with Crippen molar-refractivity contribution < 1.29 is 9.59 Å². The molecular formula is C18H18N4O3. The molecule has 1 amide bonds. The number of hydrogen-bond donors (Lipinski definition) is 1. The highest BCUT2D eigenvalue weighted by Gasteiger charge is 2.11. The molecule has 128 valence electrons. The second-order valence-electron chi connectivity index (χ2n) is 5.93. The third-order valence-corrected chi connectivity index (χ3v) is 3.79. The minimum Gasteiger partial charge on any atom is -0.347 e. The molecular weight excluding hydrogens is 320 g/mol. The summed E-state index contributed by atoms with van der Waals surface area (Å²) in [4.78, 5) is 35.1. The number of benzene rings is 1. The van der Waals surface area contributed by atoms with Gasteiger partial charge in [0.05, 0.1) is 6.54 Å². The molecule has 0 aliphatic heterocycles. The summed E-state index contributed by atoms with van der Waals surface area (Å²) in [5.41, 5.74) is 3.09. The Kier molecular flexibility index (Phi) is 4.47. The number of rotatable bonds is 5. The number of ketones is 1. The van der Waals surface area contributed by atoms with Crippen molar-refractivity contribution in [1.82, 2.24) is 19.5 Å². The van der Waals surface area contributed by atoms with E-state index in [2.05, 4.69) is 10.4 Å². The molecule has 0 fully saturated rings. The van der Waals surface area contributed by atoms with Crippen LogP contribution in [-0.4, -0.2) is 32.4 Å². The van der Waals surface area contributed by atoms with Gasteiger partial charge in [-0.15, -0.1) is 5.10 Å². The van der Waals surface area contributed by atoms with Crippen molar-refractivity contribution >= 4 is 17.3 Å². The number of hydrogen-bond acceptors (Lipinski definition) is 4. The summed E-state index contributed by atoms with van der Waals surface area (Å²) in [6.07, 6.45) is 1.71. The Labute approximate surface area is 143 Å². The molecule has 2 heterocycles. The van der Waals surface area contributed by atoms with E-state index in [0.717, 1.165) is 21.4 Å². The molecule has 25 heavy (non-hydrogen) atoms. The number of Topliss-reactive ketones (excluding diaryl/α,β-unsaturated/α-hetero) is 1. The van der Waals surface area contributed by atoms with Gasteiger partial charge in [0, 0.05) is 6.20 Å². The van der Waals surface area contributed by atoms with Crippen LogP contribution in [0.3, 0.4) is 0 Å². The highest BCUT2D eigenvalue weighted by atomic mass is 16.2. The van der Waals surface area contributed by atoms with Gasteiger partial charge in [0.15, 0.2) is 5.65 Å². The maximum Gasteiger partial charge on any atom is 0.350 e. The minimum atomic E-state index is -0.431. The zero-order chi connectivity index (χ0) is 18.0. The lowest BCUT2D eigenvalue weighted by Gasteiger charge is -2.02. The molecule has 3 aromatic rings. The number of aryl methyl sites for hydroxylation is 1. The van der Waals surface area contributed by atoms with Gasteiger partial charge in [0.25, 0.3) is 0 Å². The maximum absolute atomic E-state index is 12.5. The Morgan fingerprint density at radius 1 is 1.08 bits per heavy atom. The number of nitrogens with zero attached hydrogens (tertiary/aromatic N) is 3. The summed E-state index contributed by atoms with van der Waals surface area (Å²) in [6.45, 7) is 3.11. The monoisotopic (exact) mass is 338 g/mol. The number of amides is 1. The fourth-order valence-corrected chi connectivity index (χ4v) is 2.45. The average molecular weight is 338 g/mol. The van der Waals surface area contributed by atoms with Crippen molar-refractivity contribution in [2.24, 2.45) is 0 Å². The molecule has 1 aromatic carbocycles. The van der Waals surface area contributed by atoms with Crippen molar-refractivity contribution in [1.29, 1.82) is 0 Å². The normalized spacial score (nSPS) is 10.8. The Bertz CT molecular complexity index is 999. The molecule has 0 atom stereocenters. The van der Waals surface area contributed by atoms with Gasteiger partial charge in [0.1, 0.15) is 12.3 Å². The van der Waals surface area contributed by atoms with Crippen LogP contribution in [0, 0.1) is 6.92 Å². The first kappa shape index (κ1) is 16.6. The quantitative estimate of drug-likeness (QED) is 0.757. The topological polar surface area (TPSA) is 85.5 Å². The van der Waals surface area contributed by atoms with Gasteiger partial charge in [-0.25, -0.2) is 13.9 Å². The van der Waals surface area contributed by atoms with E-state index in [1.54, 1.807) is 12.3 Å². The molecule has 3 rings (SSSR count). The highest BCUT2D eigenvalue weighted by Crippen LogP contribution is 2.19. The lowest BCUT2D eigenvalue weighted by Crippen LogP contribution is -2.35. The predicted octanol–water partition coefficient (Wildman–Crippen LogP) is 1.18. The van der Waals surface area contributed by atoms with Crippen LogP contribution in [0.15, 0.2) is 47.4 Å². The zero-order valence-corrected chi connectivity index (χ0v) is 14.0. The number of nitrogens with one attached hydrogen (secondary N) is 1. The third kappa shape index (κ3) is 3.65. The molecule has 1 N–H and O–H groups in total. The zero-order valence-electron chi connectivity index (χ0n) is 14.0. The van der Waals surface area contributed by atoms with Gasteiger partial charge >= 0.3 is 5.69 Å². The van der Waals surface area contributed by atoms with Crippen LogP contribution in [0.25, 0.3) is 16.8 Å². The van der Waals surface area contributed by atoms with Crippen LogP contribution >= 0.6 is 0 Å². The number of carbonyl (C=O) groups excluding carboxylic acids is 2. The van der Waals surface area contributed by atoms with Gasteiger partial charge in [-0.3, -0.25) is 9.59 Å². The van der Waals surface area contributed by atoms with Gasteiger partial charge in [-0.05, 0) is 37.1 Å². The fraction of sp³-hybridized carbons (Fsp3) is 0.222. The predicted molar refractivity (Wildman–Crippen MR) is 93.3 cm³/mol. The van der Waals surface area contributed by atoms with E-state index < -0.39 is 11.6 Å². The lowest BCUT2D eigenvalue weighted by molar-refractivity contribution is -0.125. The number of fused-ring (bicyclic) bond motifs is 1. The van der Waals surface area contributed by atoms with E-state index in [1.165, 1.54) is 11.3 Å². The van der Waals surface area contributed by atoms with E-state index in [0.29, 0.717) is 5.65 Å². The summed E-state index contributed by atoms with van der Waals surface area (Å²) in [7, 11) is 0. The molecule has 0 spiro atoms. The Morgan fingerprint density at radius 2 is 1.76 bits per heavy atom. The highest BCUT2D eigenvalue weighted by molar-refractivity contribution is 5.84. The second kappa shape index (κ2) is 6.72. The van der Waals surface area contributed by atoms with Gasteiger partial charge < -0.3 is 5.32 Å². The molecule has 0 saturated carbocycles. The van der Waals surface area contributed by atoms with E-state index in [-0.39, 0.29) is 18.9 Å². The largest absolute Gasteiger partial charge is 0.350 e. The molecule has 0 bridgehead atoms. The molecule has 0 unspecified atom stereocenters. The van der Waals surface area contributed by atoms with E-state index in [4.69, 9.17) is 0 Å². The lowest BCUT2D eigenvalue weighted by atomic mass is 10.1. The minimum absolute atomic E-state index is 0.0570. The summed E-state index contributed by atoms with van der Waals surface area (Å²) in [5.74, 6) is -0.585. The third-order valence-electron chi connectivity index (χ3n) is 3.79. The Morgan fingerprint density at radius 3 is 2.44 bits per heavy atom. The Hall–Kier alpha value is -3.22. The summed E-state index contributed by atoms with van der Waals surface area (Å²) >= 11 is 0. The van der Waals surface area contributed by atoms with Crippen molar-refractivity contribution in [3.63, 3.8) is 0 Å². The van der Waals surface area contributed by atoms with Crippen LogP contribution in [0.1, 0.15) is 12.5 Å². The average Bonchev–Trinajstić information content (AvgIpc) is 2.89. The van der Waals surface area contributed by atoms with Crippen LogP contribution < -0.4 is 11.0 Å². The van der Waals surface area contributed by atoms with Crippen LogP contribution in [-0.2, 0) is 16.1 Å². The number of carbonyl (C=O) groups is 2. The first-order valence-corrected chi connectivity index (χ1v) is 7.86. The number of aromatic nitrogens is 3. The van der Waals surface area contributed by atoms with E-state index >= 15 is 0 Å². The molecule has 7 nitrogen and oxygen atoms in total. The molecule has 0 aliphatic rings. The van der Waals surface area contributed by atoms with Gasteiger partial charge in [-0.1, -0.05) is 29.8 Å². The smallest absolute Gasteiger partial charge is 0.347 e. The van der Waals surface area contributed by atoms with E-state index in [9.17, 15) is 14.4 Å². The maximum atomic E-state index is 12.5. The van der Waals surface area contributed by atoms with Crippen molar-refractivity contribution in [3.05, 3.63) is 58.6 Å². The molecule has 2 aromatic heterocycles. The first-order chi connectivity index (χ1) is 11.9. The van der Waals surface area contributed by atoms with Gasteiger partial charge in [0.2, 0.25) is 5.91 Å². The second-order valence-corrected chi connectivity index (χ2v) is 5.93.